The van der Waals surface area contributed by atoms with E-state index >= 15 is 0 Å². The molecule has 1 fully saturated rings. The summed E-state index contributed by atoms with van der Waals surface area (Å²) < 4.78 is 5.85. The van der Waals surface area contributed by atoms with E-state index in [4.69, 9.17) is 10.5 Å². The van der Waals surface area contributed by atoms with Gasteiger partial charge in [0.2, 0.25) is 0 Å². The van der Waals surface area contributed by atoms with Gasteiger partial charge in [-0.15, -0.1) is 0 Å². The van der Waals surface area contributed by atoms with Gasteiger partial charge < -0.3 is 10.5 Å². The molecule has 1 aliphatic heterocycles. The molecule has 21 heavy (non-hydrogen) atoms. The van der Waals surface area contributed by atoms with Gasteiger partial charge >= 0.3 is 0 Å². The van der Waals surface area contributed by atoms with Gasteiger partial charge in [0.1, 0.15) is 12.4 Å². The van der Waals surface area contributed by atoms with Crippen molar-refractivity contribution >= 4 is 0 Å². The summed E-state index contributed by atoms with van der Waals surface area (Å²) in [5.74, 6) is 0.964. The molecule has 0 aliphatic carbocycles. The van der Waals surface area contributed by atoms with Crippen LogP contribution in [0, 0.1) is 5.41 Å². The second-order valence-corrected chi connectivity index (χ2v) is 6.54. The van der Waals surface area contributed by atoms with Crippen molar-refractivity contribution in [1.82, 2.24) is 4.90 Å². The number of ether oxygens (including phenoxy) is 1. The number of rotatable bonds is 7. The van der Waals surface area contributed by atoms with E-state index in [1.54, 1.807) is 0 Å². The van der Waals surface area contributed by atoms with Crippen molar-refractivity contribution in [3.63, 3.8) is 0 Å². The van der Waals surface area contributed by atoms with E-state index in [9.17, 15) is 0 Å². The molecule has 0 amide bonds. The Kier molecular flexibility index (Phi) is 6.07. The van der Waals surface area contributed by atoms with Crippen molar-refractivity contribution in [1.29, 1.82) is 0 Å². The number of piperidine rings is 1. The molecule has 0 bridgehead atoms. The Morgan fingerprint density at radius 3 is 2.43 bits per heavy atom. The molecule has 0 aromatic heterocycles. The minimum Gasteiger partial charge on any atom is -0.492 e. The highest BCUT2D eigenvalue weighted by Gasteiger charge is 2.27. The van der Waals surface area contributed by atoms with Crippen LogP contribution in [0.3, 0.4) is 0 Å². The lowest BCUT2D eigenvalue weighted by atomic mass is 9.78. The van der Waals surface area contributed by atoms with Gasteiger partial charge in [0.15, 0.2) is 0 Å². The van der Waals surface area contributed by atoms with Crippen LogP contribution < -0.4 is 10.5 Å². The zero-order valence-corrected chi connectivity index (χ0v) is 13.6. The fourth-order valence-corrected chi connectivity index (χ4v) is 2.88. The number of likely N-dealkylation sites (tertiary alicyclic amines) is 1. The maximum absolute atomic E-state index is 5.85. The van der Waals surface area contributed by atoms with Gasteiger partial charge in [-0.25, -0.2) is 0 Å². The van der Waals surface area contributed by atoms with Crippen molar-refractivity contribution in [2.45, 2.75) is 39.5 Å². The molecular weight excluding hydrogens is 260 g/mol. The van der Waals surface area contributed by atoms with Gasteiger partial charge in [0, 0.05) is 6.54 Å². The zero-order chi connectivity index (χ0) is 15.1. The number of nitrogens with zero attached hydrogens (tertiary/aromatic N) is 1. The molecule has 118 valence electrons. The summed E-state index contributed by atoms with van der Waals surface area (Å²) in [6, 6.07) is 8.32. The van der Waals surface area contributed by atoms with E-state index in [1.807, 2.05) is 0 Å². The second kappa shape index (κ2) is 7.81. The second-order valence-electron chi connectivity index (χ2n) is 6.54. The van der Waals surface area contributed by atoms with E-state index in [-0.39, 0.29) is 0 Å². The highest BCUT2D eigenvalue weighted by molar-refractivity contribution is 5.27. The molecule has 1 aromatic rings. The van der Waals surface area contributed by atoms with E-state index in [0.29, 0.717) is 12.0 Å². The Labute approximate surface area is 129 Å². The van der Waals surface area contributed by atoms with Crippen LogP contribution in [0.5, 0.6) is 5.75 Å². The van der Waals surface area contributed by atoms with Crippen molar-refractivity contribution < 1.29 is 4.74 Å². The highest BCUT2D eigenvalue weighted by Crippen LogP contribution is 2.33. The maximum Gasteiger partial charge on any atom is 0.119 e. The first-order chi connectivity index (χ1) is 10.1. The Morgan fingerprint density at radius 1 is 1.19 bits per heavy atom. The summed E-state index contributed by atoms with van der Waals surface area (Å²) in [5.41, 5.74) is 7.40. The molecule has 3 heteroatoms. The van der Waals surface area contributed by atoms with Gasteiger partial charge in [0.25, 0.3) is 0 Å². The summed E-state index contributed by atoms with van der Waals surface area (Å²) in [6.07, 6.45) is 4.87. The largest absolute Gasteiger partial charge is 0.492 e. The van der Waals surface area contributed by atoms with E-state index in [0.717, 1.165) is 25.3 Å². The third-order valence-corrected chi connectivity index (χ3v) is 4.95. The van der Waals surface area contributed by atoms with Crippen molar-refractivity contribution in [2.75, 3.05) is 32.8 Å². The first-order valence-electron chi connectivity index (χ1n) is 8.29. The smallest absolute Gasteiger partial charge is 0.119 e. The van der Waals surface area contributed by atoms with Crippen LogP contribution in [-0.2, 0) is 6.42 Å². The van der Waals surface area contributed by atoms with Gasteiger partial charge in [-0.1, -0.05) is 32.4 Å². The Balaban J connectivity index is 1.68. The average molecular weight is 290 g/mol. The van der Waals surface area contributed by atoms with E-state index < -0.39 is 0 Å². The predicted molar refractivity (Wildman–Crippen MR) is 88.8 cm³/mol. The molecule has 3 nitrogen and oxygen atoms in total. The molecule has 1 saturated heterocycles. The number of benzene rings is 1. The molecule has 0 unspecified atom stereocenters. The minimum absolute atomic E-state index is 0.566. The Bertz CT molecular complexity index is 408. The van der Waals surface area contributed by atoms with Crippen molar-refractivity contribution in [3.05, 3.63) is 29.8 Å². The van der Waals surface area contributed by atoms with E-state index in [2.05, 4.69) is 43.0 Å². The van der Waals surface area contributed by atoms with Crippen molar-refractivity contribution in [2.24, 2.45) is 11.1 Å². The lowest BCUT2D eigenvalue weighted by Crippen LogP contribution is -2.40. The van der Waals surface area contributed by atoms with Crippen molar-refractivity contribution in [3.8, 4) is 5.75 Å². The molecule has 0 atom stereocenters. The van der Waals surface area contributed by atoms with Crippen LogP contribution >= 0.6 is 0 Å². The molecule has 0 saturated carbocycles. The van der Waals surface area contributed by atoms with E-state index in [1.165, 1.54) is 37.9 Å². The Hall–Kier alpha value is -1.06. The Morgan fingerprint density at radius 2 is 1.86 bits per heavy atom. The molecule has 2 N–H and O–H groups in total. The SMILES string of the molecule is CCC1(C)CCN(CCOc2ccc(CCN)cc2)CC1. The number of hydrogen-bond acceptors (Lipinski definition) is 3. The first kappa shape index (κ1) is 16.3. The topological polar surface area (TPSA) is 38.5 Å². The van der Waals surface area contributed by atoms with Crippen LogP contribution in [-0.4, -0.2) is 37.7 Å². The summed E-state index contributed by atoms with van der Waals surface area (Å²) >= 11 is 0. The standard InChI is InChI=1S/C18H30N2O/c1-3-18(2)9-12-20(13-10-18)14-15-21-17-6-4-16(5-7-17)8-11-19/h4-7H,3,8-15,19H2,1-2H3. The van der Waals surface area contributed by atoms with Gasteiger partial charge in [-0.05, 0) is 62.0 Å². The van der Waals surface area contributed by atoms with Crippen LogP contribution in [0.15, 0.2) is 24.3 Å². The molecule has 1 aromatic carbocycles. The van der Waals surface area contributed by atoms with Gasteiger partial charge in [-0.2, -0.15) is 0 Å². The van der Waals surface area contributed by atoms with Crippen LogP contribution in [0.4, 0.5) is 0 Å². The number of nitrogens with two attached hydrogens (primary N) is 1. The molecule has 0 spiro atoms. The highest BCUT2D eigenvalue weighted by atomic mass is 16.5. The summed E-state index contributed by atoms with van der Waals surface area (Å²) in [7, 11) is 0. The summed E-state index contributed by atoms with van der Waals surface area (Å²) in [6.45, 7) is 9.67. The third-order valence-electron chi connectivity index (χ3n) is 4.95. The molecular formula is C18H30N2O. The fraction of sp³-hybridized carbons (Fsp3) is 0.667. The zero-order valence-electron chi connectivity index (χ0n) is 13.6. The first-order valence-corrected chi connectivity index (χ1v) is 8.29. The van der Waals surface area contributed by atoms with Crippen LogP contribution in [0.1, 0.15) is 38.7 Å². The average Bonchev–Trinajstić information content (AvgIpc) is 2.51. The molecule has 0 radical (unpaired) electrons. The normalized spacial score (nSPS) is 18.6. The molecule has 1 heterocycles. The third kappa shape index (κ3) is 5.01. The minimum atomic E-state index is 0.566. The maximum atomic E-state index is 5.85. The van der Waals surface area contributed by atoms with Crippen LogP contribution in [0.25, 0.3) is 0 Å². The van der Waals surface area contributed by atoms with Gasteiger partial charge in [-0.3, -0.25) is 4.90 Å². The molecule has 2 rings (SSSR count). The molecule has 1 aliphatic rings. The number of hydrogen-bond donors (Lipinski definition) is 1. The predicted octanol–water partition coefficient (Wildman–Crippen LogP) is 3.08. The van der Waals surface area contributed by atoms with Gasteiger partial charge in [0.05, 0.1) is 0 Å². The lowest BCUT2D eigenvalue weighted by Gasteiger charge is -2.38. The fourth-order valence-electron chi connectivity index (χ4n) is 2.88. The quantitative estimate of drug-likeness (QED) is 0.838. The summed E-state index contributed by atoms with van der Waals surface area (Å²) in [4.78, 5) is 2.53. The monoisotopic (exact) mass is 290 g/mol. The van der Waals surface area contributed by atoms with Crippen LogP contribution in [0.2, 0.25) is 0 Å². The lowest BCUT2D eigenvalue weighted by molar-refractivity contribution is 0.101. The summed E-state index contributed by atoms with van der Waals surface area (Å²) in [5, 5.41) is 0.